The monoisotopic (exact) mass is 344 g/mol. The van der Waals surface area contributed by atoms with Crippen molar-refractivity contribution in [2.24, 2.45) is 0 Å². The average molecular weight is 345 g/mol. The second kappa shape index (κ2) is 6.70. The van der Waals surface area contributed by atoms with Crippen LogP contribution in [0.1, 0.15) is 20.7 Å². The molecule has 2 aromatic carbocycles. The summed E-state index contributed by atoms with van der Waals surface area (Å²) in [7, 11) is 0. The Hall–Kier alpha value is -2.54. The SMILES string of the molecule is O=C(OC(=O)c1ccccc1OC(F)(F)F)c1ccc(Cl)cc1. The van der Waals surface area contributed by atoms with Gasteiger partial charge < -0.3 is 9.47 Å². The molecule has 0 radical (unpaired) electrons. The number of esters is 2. The Kier molecular flexibility index (Phi) is 4.90. The summed E-state index contributed by atoms with van der Waals surface area (Å²) in [5.74, 6) is -3.04. The molecule has 0 aliphatic heterocycles. The van der Waals surface area contributed by atoms with Crippen LogP contribution < -0.4 is 4.74 Å². The molecule has 0 saturated carbocycles. The van der Waals surface area contributed by atoms with Gasteiger partial charge in [-0.05, 0) is 36.4 Å². The lowest BCUT2D eigenvalue weighted by atomic mass is 10.2. The number of halogens is 4. The number of alkyl halides is 3. The van der Waals surface area contributed by atoms with Crippen molar-refractivity contribution >= 4 is 23.5 Å². The molecule has 0 aliphatic carbocycles. The molecule has 23 heavy (non-hydrogen) atoms. The number of hydrogen-bond acceptors (Lipinski definition) is 4. The van der Waals surface area contributed by atoms with Gasteiger partial charge in [0.2, 0.25) is 0 Å². The third kappa shape index (κ3) is 4.72. The van der Waals surface area contributed by atoms with Crippen LogP contribution in [-0.4, -0.2) is 18.3 Å². The fourth-order valence-corrected chi connectivity index (χ4v) is 1.76. The smallest absolute Gasteiger partial charge is 0.405 e. The molecular weight excluding hydrogens is 337 g/mol. The summed E-state index contributed by atoms with van der Waals surface area (Å²) < 4.78 is 45.2. The van der Waals surface area contributed by atoms with Crippen molar-refractivity contribution in [3.8, 4) is 5.75 Å². The van der Waals surface area contributed by atoms with Crippen molar-refractivity contribution in [2.45, 2.75) is 6.36 Å². The van der Waals surface area contributed by atoms with E-state index in [9.17, 15) is 22.8 Å². The standard InChI is InChI=1S/C15H8ClF3O4/c16-10-7-5-9(6-8-10)13(20)22-14(21)11-3-1-2-4-12(11)23-15(17,18)19/h1-8H. The second-order valence-electron chi connectivity index (χ2n) is 4.23. The molecule has 0 atom stereocenters. The highest BCUT2D eigenvalue weighted by Crippen LogP contribution is 2.27. The van der Waals surface area contributed by atoms with E-state index in [1.54, 1.807) is 0 Å². The van der Waals surface area contributed by atoms with Gasteiger partial charge in [-0.25, -0.2) is 9.59 Å². The number of benzene rings is 2. The minimum Gasteiger partial charge on any atom is -0.405 e. The molecule has 4 nitrogen and oxygen atoms in total. The first kappa shape index (κ1) is 16.8. The zero-order chi connectivity index (χ0) is 17.0. The normalized spacial score (nSPS) is 11.0. The third-order valence-electron chi connectivity index (χ3n) is 2.60. The van der Waals surface area contributed by atoms with Crippen LogP contribution in [0.15, 0.2) is 48.5 Å². The quantitative estimate of drug-likeness (QED) is 0.617. The Labute approximate surface area is 133 Å². The minimum absolute atomic E-state index is 0.0250. The van der Waals surface area contributed by atoms with Crippen LogP contribution >= 0.6 is 11.6 Å². The van der Waals surface area contributed by atoms with E-state index in [0.717, 1.165) is 12.1 Å². The van der Waals surface area contributed by atoms with Crippen molar-refractivity contribution in [2.75, 3.05) is 0 Å². The predicted molar refractivity (Wildman–Crippen MR) is 74.3 cm³/mol. The predicted octanol–water partition coefficient (Wildman–Crippen LogP) is 4.24. The Morgan fingerprint density at radius 1 is 0.913 bits per heavy atom. The maximum absolute atomic E-state index is 12.3. The van der Waals surface area contributed by atoms with Gasteiger partial charge in [0.15, 0.2) is 0 Å². The molecule has 2 aromatic rings. The van der Waals surface area contributed by atoms with Crippen LogP contribution in [0, 0.1) is 0 Å². The molecule has 120 valence electrons. The lowest BCUT2D eigenvalue weighted by molar-refractivity contribution is -0.274. The van der Waals surface area contributed by atoms with Crippen molar-refractivity contribution in [3.63, 3.8) is 0 Å². The summed E-state index contributed by atoms with van der Waals surface area (Å²) in [5, 5.41) is 0.372. The van der Waals surface area contributed by atoms with Gasteiger partial charge in [0, 0.05) is 5.02 Å². The number of hydrogen-bond donors (Lipinski definition) is 0. The first-order valence-electron chi connectivity index (χ1n) is 6.13. The molecule has 8 heteroatoms. The molecule has 0 bridgehead atoms. The number of para-hydroxylation sites is 1. The molecule has 0 spiro atoms. The average Bonchev–Trinajstić information content (AvgIpc) is 2.46. The van der Waals surface area contributed by atoms with E-state index >= 15 is 0 Å². The van der Waals surface area contributed by atoms with E-state index in [1.807, 2.05) is 0 Å². The molecule has 0 aliphatic rings. The first-order valence-corrected chi connectivity index (χ1v) is 6.51. The molecule has 0 saturated heterocycles. The van der Waals surface area contributed by atoms with Crippen LogP contribution in [0.3, 0.4) is 0 Å². The summed E-state index contributed by atoms with van der Waals surface area (Å²) in [6.07, 6.45) is -4.98. The van der Waals surface area contributed by atoms with E-state index in [1.165, 1.54) is 36.4 Å². The molecule has 0 heterocycles. The Morgan fingerprint density at radius 3 is 2.13 bits per heavy atom. The minimum atomic E-state index is -4.98. The maximum Gasteiger partial charge on any atom is 0.573 e. The van der Waals surface area contributed by atoms with Gasteiger partial charge in [0.1, 0.15) is 11.3 Å². The number of carbonyl (C=O) groups excluding carboxylic acids is 2. The number of ether oxygens (including phenoxy) is 2. The largest absolute Gasteiger partial charge is 0.573 e. The number of carbonyl (C=O) groups is 2. The second-order valence-corrected chi connectivity index (χ2v) is 4.66. The molecule has 0 N–H and O–H groups in total. The van der Waals surface area contributed by atoms with E-state index in [4.69, 9.17) is 11.6 Å². The van der Waals surface area contributed by atoms with Crippen molar-refractivity contribution in [3.05, 3.63) is 64.7 Å². The van der Waals surface area contributed by atoms with Gasteiger partial charge in [-0.15, -0.1) is 13.2 Å². The zero-order valence-corrected chi connectivity index (χ0v) is 12.0. The first-order chi connectivity index (χ1) is 10.8. The molecule has 0 amide bonds. The highest BCUT2D eigenvalue weighted by Gasteiger charge is 2.33. The van der Waals surface area contributed by atoms with Crippen molar-refractivity contribution in [1.29, 1.82) is 0 Å². The van der Waals surface area contributed by atoms with Gasteiger partial charge in [-0.3, -0.25) is 0 Å². The van der Waals surface area contributed by atoms with Gasteiger partial charge >= 0.3 is 18.3 Å². The Balaban J connectivity index is 2.18. The van der Waals surface area contributed by atoms with E-state index in [0.29, 0.717) is 5.02 Å². The zero-order valence-electron chi connectivity index (χ0n) is 11.3. The fraction of sp³-hybridized carbons (Fsp3) is 0.0667. The molecular formula is C15H8ClF3O4. The van der Waals surface area contributed by atoms with Gasteiger partial charge in [0.05, 0.1) is 5.56 Å². The Bertz CT molecular complexity index is 726. The van der Waals surface area contributed by atoms with Crippen LogP contribution in [-0.2, 0) is 4.74 Å². The van der Waals surface area contributed by atoms with Crippen LogP contribution in [0.4, 0.5) is 13.2 Å². The van der Waals surface area contributed by atoms with Crippen LogP contribution in [0.2, 0.25) is 5.02 Å². The molecule has 0 fully saturated rings. The van der Waals surface area contributed by atoms with Gasteiger partial charge in [0.25, 0.3) is 0 Å². The van der Waals surface area contributed by atoms with Crippen LogP contribution in [0.25, 0.3) is 0 Å². The van der Waals surface area contributed by atoms with E-state index < -0.39 is 29.6 Å². The molecule has 0 aromatic heterocycles. The number of rotatable bonds is 3. The summed E-state index contributed by atoms with van der Waals surface area (Å²) in [6, 6.07) is 10.00. The fourth-order valence-electron chi connectivity index (χ4n) is 1.63. The highest BCUT2D eigenvalue weighted by molar-refractivity contribution is 6.30. The van der Waals surface area contributed by atoms with Gasteiger partial charge in [-0.1, -0.05) is 23.7 Å². The molecule has 2 rings (SSSR count). The lowest BCUT2D eigenvalue weighted by Gasteiger charge is -2.12. The Morgan fingerprint density at radius 2 is 1.52 bits per heavy atom. The maximum atomic E-state index is 12.3. The summed E-state index contributed by atoms with van der Waals surface area (Å²) in [6.45, 7) is 0. The van der Waals surface area contributed by atoms with Crippen LogP contribution in [0.5, 0.6) is 5.75 Å². The van der Waals surface area contributed by atoms with E-state index in [2.05, 4.69) is 9.47 Å². The summed E-state index contributed by atoms with van der Waals surface area (Å²) in [5.41, 5.74) is -0.496. The van der Waals surface area contributed by atoms with E-state index in [-0.39, 0.29) is 5.56 Å². The molecule has 0 unspecified atom stereocenters. The van der Waals surface area contributed by atoms with Crippen molar-refractivity contribution in [1.82, 2.24) is 0 Å². The summed E-state index contributed by atoms with van der Waals surface area (Å²) >= 11 is 5.66. The third-order valence-corrected chi connectivity index (χ3v) is 2.85. The lowest BCUT2D eigenvalue weighted by Crippen LogP contribution is -2.20. The van der Waals surface area contributed by atoms with Crippen molar-refractivity contribution < 1.29 is 32.2 Å². The highest BCUT2D eigenvalue weighted by atomic mass is 35.5. The summed E-state index contributed by atoms with van der Waals surface area (Å²) in [4.78, 5) is 23.7. The topological polar surface area (TPSA) is 52.6 Å². The van der Waals surface area contributed by atoms with Gasteiger partial charge in [-0.2, -0.15) is 0 Å².